The molecule has 5 nitrogen and oxygen atoms in total. The lowest BCUT2D eigenvalue weighted by Crippen LogP contribution is -2.41. The second-order valence-electron chi connectivity index (χ2n) is 7.24. The molecule has 0 spiro atoms. The van der Waals surface area contributed by atoms with Crippen LogP contribution in [0.25, 0.3) is 0 Å². The van der Waals surface area contributed by atoms with Gasteiger partial charge >= 0.3 is 0 Å². The fraction of sp³-hybridized carbons (Fsp3) is 0.500. The number of hydrogen-bond acceptors (Lipinski definition) is 5. The van der Waals surface area contributed by atoms with Crippen molar-refractivity contribution in [2.75, 3.05) is 38.5 Å². The van der Waals surface area contributed by atoms with Crippen LogP contribution in [0.15, 0.2) is 35.7 Å². The molecule has 2 heterocycles. The predicted octanol–water partition coefficient (Wildman–Crippen LogP) is 3.23. The van der Waals surface area contributed by atoms with E-state index < -0.39 is 0 Å². The van der Waals surface area contributed by atoms with Crippen molar-refractivity contribution in [2.45, 2.75) is 26.3 Å². The molecule has 0 atom stereocenters. The molecule has 0 bridgehead atoms. The zero-order chi connectivity index (χ0) is 18.4. The molecule has 2 aromatic rings. The van der Waals surface area contributed by atoms with Gasteiger partial charge in [0.15, 0.2) is 5.13 Å². The summed E-state index contributed by atoms with van der Waals surface area (Å²) in [7, 11) is 2.20. The molecule has 1 aromatic carbocycles. The summed E-state index contributed by atoms with van der Waals surface area (Å²) in [6.07, 6.45) is 2.31. The van der Waals surface area contributed by atoms with E-state index in [1.54, 1.807) is 0 Å². The van der Waals surface area contributed by atoms with Crippen molar-refractivity contribution in [2.24, 2.45) is 5.92 Å². The van der Waals surface area contributed by atoms with E-state index in [1.165, 1.54) is 16.9 Å². The lowest BCUT2D eigenvalue weighted by atomic mass is 9.96. The van der Waals surface area contributed by atoms with Crippen LogP contribution < -0.4 is 5.32 Å². The number of nitrogens with zero attached hydrogens (tertiary/aromatic N) is 3. The molecule has 26 heavy (non-hydrogen) atoms. The molecular weight excluding hydrogens is 344 g/mol. The third kappa shape index (κ3) is 5.90. The molecule has 0 saturated carbocycles. The van der Waals surface area contributed by atoms with Gasteiger partial charge in [-0.1, -0.05) is 30.3 Å². The number of hydrogen-bond donors (Lipinski definition) is 1. The molecule has 1 aliphatic rings. The fourth-order valence-electron chi connectivity index (χ4n) is 3.50. The summed E-state index contributed by atoms with van der Waals surface area (Å²) in [5.74, 6) is 0.753. The largest absolute Gasteiger partial charge is 0.302 e. The topological polar surface area (TPSA) is 48.5 Å². The van der Waals surface area contributed by atoms with Crippen molar-refractivity contribution in [1.29, 1.82) is 0 Å². The van der Waals surface area contributed by atoms with Crippen LogP contribution in [0.4, 0.5) is 5.13 Å². The molecule has 1 amide bonds. The first kappa shape index (κ1) is 19.0. The van der Waals surface area contributed by atoms with Crippen LogP contribution in [-0.4, -0.2) is 53.9 Å². The van der Waals surface area contributed by atoms with Gasteiger partial charge in [-0.25, -0.2) is 4.98 Å². The van der Waals surface area contributed by atoms with Gasteiger partial charge in [-0.15, -0.1) is 11.3 Å². The first-order valence-electron chi connectivity index (χ1n) is 9.25. The van der Waals surface area contributed by atoms with Crippen molar-refractivity contribution in [1.82, 2.24) is 14.8 Å². The van der Waals surface area contributed by atoms with Gasteiger partial charge in [-0.3, -0.25) is 9.69 Å². The number of benzene rings is 1. The Hall–Kier alpha value is -1.76. The minimum Gasteiger partial charge on any atom is -0.302 e. The molecular formula is C20H28N4OS. The second-order valence-corrected chi connectivity index (χ2v) is 8.10. The molecule has 0 unspecified atom stereocenters. The minimum absolute atomic E-state index is 0.0407. The van der Waals surface area contributed by atoms with Gasteiger partial charge in [0.05, 0.1) is 12.2 Å². The van der Waals surface area contributed by atoms with Gasteiger partial charge in [0.1, 0.15) is 0 Å². The Morgan fingerprint density at radius 3 is 2.69 bits per heavy atom. The van der Waals surface area contributed by atoms with E-state index in [1.807, 2.05) is 12.3 Å². The summed E-state index contributed by atoms with van der Waals surface area (Å²) >= 11 is 1.48. The van der Waals surface area contributed by atoms with Gasteiger partial charge < -0.3 is 10.2 Å². The van der Waals surface area contributed by atoms with E-state index in [2.05, 4.69) is 57.5 Å². The maximum atomic E-state index is 12.2. The molecule has 1 N–H and O–H groups in total. The number of aromatic nitrogens is 1. The molecule has 0 radical (unpaired) electrons. The summed E-state index contributed by atoms with van der Waals surface area (Å²) in [6.45, 7) is 6.50. The Morgan fingerprint density at radius 2 is 2.04 bits per heavy atom. The molecule has 140 valence electrons. The molecule has 3 rings (SSSR count). The lowest BCUT2D eigenvalue weighted by molar-refractivity contribution is -0.117. The number of likely N-dealkylation sites (tertiary alicyclic amines) is 1. The van der Waals surface area contributed by atoms with Gasteiger partial charge in [0, 0.05) is 18.5 Å². The predicted molar refractivity (Wildman–Crippen MR) is 107 cm³/mol. The summed E-state index contributed by atoms with van der Waals surface area (Å²) in [5.41, 5.74) is 2.31. The van der Waals surface area contributed by atoms with Gasteiger partial charge in [-0.2, -0.15) is 0 Å². The Labute approximate surface area is 160 Å². The number of carbonyl (C=O) groups is 1. The highest BCUT2D eigenvalue weighted by molar-refractivity contribution is 7.13. The van der Waals surface area contributed by atoms with E-state index in [-0.39, 0.29) is 5.91 Å². The summed E-state index contributed by atoms with van der Waals surface area (Å²) in [5, 5.41) is 5.55. The fourth-order valence-corrected chi connectivity index (χ4v) is 4.21. The minimum atomic E-state index is 0.0407. The van der Waals surface area contributed by atoms with Crippen LogP contribution in [0.5, 0.6) is 0 Å². The van der Waals surface area contributed by atoms with Crippen LogP contribution in [0, 0.1) is 12.8 Å². The van der Waals surface area contributed by atoms with Crippen molar-refractivity contribution in [3.05, 3.63) is 47.0 Å². The number of thiazole rings is 1. The van der Waals surface area contributed by atoms with Gasteiger partial charge in [0.25, 0.3) is 0 Å². The smallest absolute Gasteiger partial charge is 0.240 e. The normalized spacial score (nSPS) is 16.1. The number of rotatable bonds is 7. The van der Waals surface area contributed by atoms with Gasteiger partial charge in [0.2, 0.25) is 5.91 Å². The van der Waals surface area contributed by atoms with Crippen LogP contribution in [0.1, 0.15) is 24.1 Å². The molecule has 1 saturated heterocycles. The summed E-state index contributed by atoms with van der Waals surface area (Å²) < 4.78 is 0. The highest BCUT2D eigenvalue weighted by Crippen LogP contribution is 2.19. The third-order valence-electron chi connectivity index (χ3n) is 4.80. The summed E-state index contributed by atoms with van der Waals surface area (Å²) in [6, 6.07) is 10.6. The Balaban J connectivity index is 1.36. The van der Waals surface area contributed by atoms with Crippen molar-refractivity contribution >= 4 is 22.4 Å². The highest BCUT2D eigenvalue weighted by Gasteiger charge is 2.22. The first-order chi connectivity index (χ1) is 12.6. The summed E-state index contributed by atoms with van der Waals surface area (Å²) in [4.78, 5) is 21.1. The molecule has 1 fully saturated rings. The van der Waals surface area contributed by atoms with Crippen LogP contribution in [0.2, 0.25) is 0 Å². The highest BCUT2D eigenvalue weighted by atomic mass is 32.1. The first-order valence-corrected chi connectivity index (χ1v) is 10.1. The molecule has 6 heteroatoms. The monoisotopic (exact) mass is 372 g/mol. The maximum Gasteiger partial charge on any atom is 0.240 e. The van der Waals surface area contributed by atoms with E-state index in [4.69, 9.17) is 0 Å². The Morgan fingerprint density at radius 1 is 1.31 bits per heavy atom. The standard InChI is InChI=1S/C20H28N4OS/c1-16-15-26-20(21-16)22-19(25)14-24-10-8-18(9-11-24)13-23(2)12-17-6-4-3-5-7-17/h3-7,15,18H,8-14H2,1-2H3,(H,21,22,25). The number of anilines is 1. The van der Waals surface area contributed by atoms with Crippen LogP contribution in [-0.2, 0) is 11.3 Å². The van der Waals surface area contributed by atoms with Crippen molar-refractivity contribution in [3.63, 3.8) is 0 Å². The Bertz CT molecular complexity index is 695. The van der Waals surface area contributed by atoms with Crippen LogP contribution in [0.3, 0.4) is 0 Å². The van der Waals surface area contributed by atoms with Gasteiger partial charge in [-0.05, 0) is 51.4 Å². The number of aryl methyl sites for hydroxylation is 1. The Kier molecular flexibility index (Phi) is 6.77. The second kappa shape index (κ2) is 9.26. The molecule has 0 aliphatic carbocycles. The zero-order valence-electron chi connectivity index (χ0n) is 15.6. The number of piperidine rings is 1. The average molecular weight is 373 g/mol. The third-order valence-corrected chi connectivity index (χ3v) is 5.68. The van der Waals surface area contributed by atoms with E-state index in [0.29, 0.717) is 17.6 Å². The lowest BCUT2D eigenvalue weighted by Gasteiger charge is -2.33. The van der Waals surface area contributed by atoms with E-state index >= 15 is 0 Å². The number of nitrogens with one attached hydrogen (secondary N) is 1. The van der Waals surface area contributed by atoms with E-state index in [9.17, 15) is 4.79 Å². The maximum absolute atomic E-state index is 12.2. The van der Waals surface area contributed by atoms with Crippen molar-refractivity contribution < 1.29 is 4.79 Å². The van der Waals surface area contributed by atoms with Crippen LogP contribution >= 0.6 is 11.3 Å². The van der Waals surface area contributed by atoms with E-state index in [0.717, 1.165) is 44.7 Å². The number of amides is 1. The quantitative estimate of drug-likeness (QED) is 0.811. The zero-order valence-corrected chi connectivity index (χ0v) is 16.5. The average Bonchev–Trinajstić information content (AvgIpc) is 3.02. The van der Waals surface area contributed by atoms with Crippen molar-refractivity contribution in [3.8, 4) is 0 Å². The number of carbonyl (C=O) groups excluding carboxylic acids is 1. The molecule has 1 aliphatic heterocycles. The molecule has 1 aromatic heterocycles. The SMILES string of the molecule is Cc1csc(NC(=O)CN2CCC(CN(C)Cc3ccccc3)CC2)n1.